The van der Waals surface area contributed by atoms with E-state index in [2.05, 4.69) is 30.9 Å². The van der Waals surface area contributed by atoms with E-state index >= 15 is 0 Å². The van der Waals surface area contributed by atoms with Crippen LogP contribution in [0.4, 0.5) is 0 Å². The van der Waals surface area contributed by atoms with Gasteiger partial charge in [0.15, 0.2) is 5.82 Å². The third-order valence-corrected chi connectivity index (χ3v) is 3.48. The highest BCUT2D eigenvalue weighted by Crippen LogP contribution is 2.19. The number of thiazole rings is 1. The van der Waals surface area contributed by atoms with Gasteiger partial charge in [-0.3, -0.25) is 4.79 Å². The van der Waals surface area contributed by atoms with Gasteiger partial charge in [0, 0.05) is 5.56 Å². The summed E-state index contributed by atoms with van der Waals surface area (Å²) in [6.07, 6.45) is 0. The minimum absolute atomic E-state index is 0.174. The summed E-state index contributed by atoms with van der Waals surface area (Å²) in [5.74, 6) is 0.278. The molecule has 0 bridgehead atoms. The average Bonchev–Trinajstić information content (AvgIpc) is 3.09. The summed E-state index contributed by atoms with van der Waals surface area (Å²) in [5.41, 5.74) is 3.24. The molecule has 1 atom stereocenters. The highest BCUT2D eigenvalue weighted by molar-refractivity contribution is 7.16. The van der Waals surface area contributed by atoms with Gasteiger partial charge in [0.1, 0.15) is 0 Å². The van der Waals surface area contributed by atoms with Crippen LogP contribution in [-0.4, -0.2) is 31.5 Å². The number of hydrogen-bond donors (Lipinski definition) is 2. The molecule has 0 aliphatic heterocycles. The lowest BCUT2D eigenvalue weighted by Gasteiger charge is -2.09. The van der Waals surface area contributed by atoms with Gasteiger partial charge in [-0.15, -0.1) is 21.5 Å². The molecule has 2 heterocycles. The van der Waals surface area contributed by atoms with E-state index in [1.54, 1.807) is 18.5 Å². The summed E-state index contributed by atoms with van der Waals surface area (Å²) < 4.78 is 0.986. The van der Waals surface area contributed by atoms with Crippen LogP contribution in [-0.2, 0) is 0 Å². The number of aromatic nitrogens is 5. The maximum absolute atomic E-state index is 12.1. The minimum atomic E-state index is -0.302. The molecular formula is C11H10N6OS. The summed E-state index contributed by atoms with van der Waals surface area (Å²) in [4.78, 5) is 16.3. The van der Waals surface area contributed by atoms with Crippen molar-refractivity contribution in [1.82, 2.24) is 30.9 Å². The van der Waals surface area contributed by atoms with Gasteiger partial charge in [0.05, 0.1) is 21.8 Å². The van der Waals surface area contributed by atoms with E-state index in [0.29, 0.717) is 11.4 Å². The third-order valence-electron chi connectivity index (χ3n) is 2.69. The zero-order valence-corrected chi connectivity index (χ0v) is 10.8. The Morgan fingerprint density at radius 3 is 3.16 bits per heavy atom. The Labute approximate surface area is 112 Å². The van der Waals surface area contributed by atoms with Crippen LogP contribution in [0.25, 0.3) is 10.2 Å². The summed E-state index contributed by atoms with van der Waals surface area (Å²) in [6.45, 7) is 1.80. The molecular weight excluding hydrogens is 264 g/mol. The van der Waals surface area contributed by atoms with Crippen molar-refractivity contribution in [2.45, 2.75) is 13.0 Å². The Morgan fingerprint density at radius 2 is 2.37 bits per heavy atom. The predicted octanol–water partition coefficient (Wildman–Crippen LogP) is 1.30. The van der Waals surface area contributed by atoms with Gasteiger partial charge in [-0.2, -0.15) is 5.21 Å². The highest BCUT2D eigenvalue weighted by atomic mass is 32.1. The summed E-state index contributed by atoms with van der Waals surface area (Å²) in [7, 11) is 0. The molecule has 2 aromatic heterocycles. The van der Waals surface area contributed by atoms with Crippen molar-refractivity contribution in [3.05, 3.63) is 35.1 Å². The number of tetrazole rings is 1. The summed E-state index contributed by atoms with van der Waals surface area (Å²) >= 11 is 1.50. The molecule has 0 spiro atoms. The molecule has 7 nitrogen and oxygen atoms in total. The van der Waals surface area contributed by atoms with Gasteiger partial charge < -0.3 is 5.32 Å². The molecule has 19 heavy (non-hydrogen) atoms. The first-order valence-electron chi connectivity index (χ1n) is 5.61. The van der Waals surface area contributed by atoms with Crippen molar-refractivity contribution in [2.75, 3.05) is 0 Å². The summed E-state index contributed by atoms with van der Waals surface area (Å²) in [5, 5.41) is 16.3. The normalized spacial score (nSPS) is 12.5. The van der Waals surface area contributed by atoms with Crippen molar-refractivity contribution in [3.63, 3.8) is 0 Å². The first-order chi connectivity index (χ1) is 9.24. The molecule has 0 aliphatic rings. The molecule has 1 amide bonds. The topological polar surface area (TPSA) is 96.5 Å². The van der Waals surface area contributed by atoms with Crippen molar-refractivity contribution in [3.8, 4) is 0 Å². The fourth-order valence-corrected chi connectivity index (χ4v) is 2.41. The van der Waals surface area contributed by atoms with E-state index in [-0.39, 0.29) is 11.9 Å². The number of fused-ring (bicyclic) bond motifs is 1. The number of hydrogen-bond acceptors (Lipinski definition) is 6. The van der Waals surface area contributed by atoms with E-state index in [9.17, 15) is 4.79 Å². The summed E-state index contributed by atoms with van der Waals surface area (Å²) in [6, 6.07) is 5.11. The lowest BCUT2D eigenvalue weighted by molar-refractivity contribution is 0.0938. The minimum Gasteiger partial charge on any atom is -0.342 e. The van der Waals surface area contributed by atoms with E-state index in [1.807, 2.05) is 12.1 Å². The molecule has 0 fully saturated rings. The Morgan fingerprint density at radius 1 is 1.47 bits per heavy atom. The van der Waals surface area contributed by atoms with Gasteiger partial charge >= 0.3 is 0 Å². The van der Waals surface area contributed by atoms with Crippen LogP contribution in [0.15, 0.2) is 23.7 Å². The molecule has 1 aromatic carbocycles. The zero-order chi connectivity index (χ0) is 13.2. The lowest BCUT2D eigenvalue weighted by Crippen LogP contribution is -2.27. The Kier molecular flexibility index (Phi) is 2.92. The first kappa shape index (κ1) is 11.7. The van der Waals surface area contributed by atoms with Gasteiger partial charge in [0.25, 0.3) is 5.91 Å². The molecule has 0 saturated heterocycles. The fourth-order valence-electron chi connectivity index (χ4n) is 1.69. The molecule has 0 aliphatic carbocycles. The molecule has 1 unspecified atom stereocenters. The van der Waals surface area contributed by atoms with Gasteiger partial charge in [0.2, 0.25) is 0 Å². The van der Waals surface area contributed by atoms with Crippen LogP contribution in [0.3, 0.4) is 0 Å². The molecule has 8 heteroatoms. The lowest BCUT2D eigenvalue weighted by atomic mass is 10.2. The van der Waals surface area contributed by atoms with E-state index in [1.165, 1.54) is 11.3 Å². The predicted molar refractivity (Wildman–Crippen MR) is 69.7 cm³/mol. The monoisotopic (exact) mass is 274 g/mol. The number of aromatic amines is 1. The molecule has 96 valence electrons. The van der Waals surface area contributed by atoms with Crippen LogP contribution in [0, 0.1) is 0 Å². The molecule has 0 radical (unpaired) electrons. The number of H-pyrrole nitrogens is 1. The molecule has 0 saturated carbocycles. The number of nitrogens with one attached hydrogen (secondary N) is 2. The first-order valence-corrected chi connectivity index (χ1v) is 6.49. The second-order valence-electron chi connectivity index (χ2n) is 4.00. The number of carbonyl (C=O) groups is 1. The number of benzene rings is 1. The molecule has 3 aromatic rings. The van der Waals surface area contributed by atoms with Gasteiger partial charge in [-0.05, 0) is 25.1 Å². The van der Waals surface area contributed by atoms with Gasteiger partial charge in [-0.1, -0.05) is 5.21 Å². The third kappa shape index (κ3) is 2.29. The van der Waals surface area contributed by atoms with Gasteiger partial charge in [-0.25, -0.2) is 4.98 Å². The van der Waals surface area contributed by atoms with Crippen LogP contribution >= 0.6 is 11.3 Å². The standard InChI is InChI=1S/C11H10N6OS/c1-6(10-14-16-17-15-10)13-11(18)7-2-3-8-9(4-7)19-5-12-8/h2-6H,1H3,(H,13,18)(H,14,15,16,17). The number of rotatable bonds is 3. The van der Waals surface area contributed by atoms with E-state index in [4.69, 9.17) is 0 Å². The van der Waals surface area contributed by atoms with Crippen molar-refractivity contribution >= 4 is 27.5 Å². The average molecular weight is 274 g/mol. The molecule has 3 rings (SSSR count). The fraction of sp³-hybridized carbons (Fsp3) is 0.182. The van der Waals surface area contributed by atoms with Crippen LogP contribution in [0.2, 0.25) is 0 Å². The van der Waals surface area contributed by atoms with Crippen molar-refractivity contribution in [2.24, 2.45) is 0 Å². The largest absolute Gasteiger partial charge is 0.342 e. The highest BCUT2D eigenvalue weighted by Gasteiger charge is 2.15. The Hall–Kier alpha value is -2.35. The SMILES string of the molecule is CC(NC(=O)c1ccc2ncsc2c1)c1nn[nH]n1. The van der Waals surface area contributed by atoms with Crippen molar-refractivity contribution in [1.29, 1.82) is 0 Å². The van der Waals surface area contributed by atoms with Crippen LogP contribution < -0.4 is 5.32 Å². The smallest absolute Gasteiger partial charge is 0.251 e. The second-order valence-corrected chi connectivity index (χ2v) is 4.89. The number of nitrogens with zero attached hydrogens (tertiary/aromatic N) is 4. The second kappa shape index (κ2) is 4.73. The van der Waals surface area contributed by atoms with Crippen molar-refractivity contribution < 1.29 is 4.79 Å². The quantitative estimate of drug-likeness (QED) is 0.750. The number of amides is 1. The maximum atomic E-state index is 12.1. The Bertz CT molecular complexity index is 707. The van der Waals surface area contributed by atoms with E-state index in [0.717, 1.165) is 10.2 Å². The van der Waals surface area contributed by atoms with E-state index < -0.39 is 0 Å². The maximum Gasteiger partial charge on any atom is 0.251 e. The van der Waals surface area contributed by atoms with Crippen LogP contribution in [0.1, 0.15) is 29.1 Å². The molecule has 2 N–H and O–H groups in total. The number of carbonyl (C=O) groups excluding carboxylic acids is 1. The van der Waals surface area contributed by atoms with Crippen LogP contribution in [0.5, 0.6) is 0 Å². The zero-order valence-electron chi connectivity index (χ0n) is 9.99. The Balaban J connectivity index is 1.79.